The van der Waals surface area contributed by atoms with Gasteiger partial charge in [0.25, 0.3) is 0 Å². The van der Waals surface area contributed by atoms with Crippen molar-refractivity contribution in [2.75, 3.05) is 0 Å². The van der Waals surface area contributed by atoms with Crippen LogP contribution in [0.3, 0.4) is 0 Å². The number of benzene rings is 1. The Balaban J connectivity index is 2.04. The van der Waals surface area contributed by atoms with Crippen molar-refractivity contribution in [3.05, 3.63) is 29.8 Å². The maximum Gasteiger partial charge on any atom is 0.0251 e. The van der Waals surface area contributed by atoms with Crippen LogP contribution in [0.25, 0.3) is 0 Å². The summed E-state index contributed by atoms with van der Waals surface area (Å²) in [7, 11) is 0. The Morgan fingerprint density at radius 1 is 1.25 bits per heavy atom. The van der Waals surface area contributed by atoms with Crippen molar-refractivity contribution in [3.63, 3.8) is 0 Å². The van der Waals surface area contributed by atoms with Gasteiger partial charge in [0.05, 0.1) is 0 Å². The average molecular weight is 235 g/mol. The van der Waals surface area contributed by atoms with E-state index in [4.69, 9.17) is 5.73 Å². The first kappa shape index (κ1) is 12.0. The van der Waals surface area contributed by atoms with E-state index in [-0.39, 0.29) is 0 Å². The Morgan fingerprint density at radius 2 is 1.88 bits per heavy atom. The average Bonchev–Trinajstić information content (AvgIpc) is 2.49. The first-order chi connectivity index (χ1) is 7.49. The molecular formula is C14H21NS. The molecule has 2 N–H and O–H groups in total. The second-order valence-electron chi connectivity index (χ2n) is 5.52. The minimum Gasteiger partial charge on any atom is -0.326 e. The maximum atomic E-state index is 6.31. The fraction of sp³-hybridized carbons (Fsp3) is 0.571. The maximum absolute atomic E-state index is 6.31. The molecular weight excluding hydrogens is 214 g/mol. The minimum absolute atomic E-state index is 0.308. The molecule has 1 aromatic rings. The van der Waals surface area contributed by atoms with E-state index >= 15 is 0 Å². The summed E-state index contributed by atoms with van der Waals surface area (Å²) in [6.45, 7) is 6.69. The highest BCUT2D eigenvalue weighted by molar-refractivity contribution is 8.00. The topological polar surface area (TPSA) is 26.0 Å². The molecule has 0 spiro atoms. The van der Waals surface area contributed by atoms with Crippen molar-refractivity contribution in [2.45, 2.75) is 49.8 Å². The van der Waals surface area contributed by atoms with Crippen molar-refractivity contribution in [3.8, 4) is 0 Å². The third-order valence-electron chi connectivity index (χ3n) is 3.68. The highest BCUT2D eigenvalue weighted by atomic mass is 32.2. The number of hydrogen-bond donors (Lipinski definition) is 1. The van der Waals surface area contributed by atoms with Gasteiger partial charge in [0.1, 0.15) is 0 Å². The Kier molecular flexibility index (Phi) is 3.32. The standard InChI is InChI=1S/C14H21NS/c1-10-4-6-11(7-5-10)16-12-8-9-14(2,3)13(12)15/h4-7,12-13H,8-9,15H2,1-3H3. The summed E-state index contributed by atoms with van der Waals surface area (Å²) in [6.07, 6.45) is 2.49. The Hall–Kier alpha value is -0.470. The number of nitrogens with two attached hydrogens (primary N) is 1. The van der Waals surface area contributed by atoms with Gasteiger partial charge >= 0.3 is 0 Å². The molecule has 0 radical (unpaired) electrons. The van der Waals surface area contributed by atoms with Crippen molar-refractivity contribution in [2.24, 2.45) is 11.1 Å². The lowest BCUT2D eigenvalue weighted by atomic mass is 9.88. The predicted molar refractivity (Wildman–Crippen MR) is 71.8 cm³/mol. The Morgan fingerprint density at radius 3 is 2.38 bits per heavy atom. The van der Waals surface area contributed by atoms with Gasteiger partial charge < -0.3 is 5.73 Å². The number of hydrogen-bond acceptors (Lipinski definition) is 2. The predicted octanol–water partition coefficient (Wildman–Crippen LogP) is 3.60. The monoisotopic (exact) mass is 235 g/mol. The van der Waals surface area contributed by atoms with Crippen LogP contribution in [-0.2, 0) is 0 Å². The van der Waals surface area contributed by atoms with E-state index in [1.165, 1.54) is 23.3 Å². The summed E-state index contributed by atoms with van der Waals surface area (Å²) in [6, 6.07) is 9.08. The summed E-state index contributed by atoms with van der Waals surface area (Å²) < 4.78 is 0. The van der Waals surface area contributed by atoms with Crippen molar-refractivity contribution >= 4 is 11.8 Å². The molecule has 1 saturated carbocycles. The molecule has 0 aromatic heterocycles. The summed E-state index contributed by atoms with van der Waals surface area (Å²) in [5, 5.41) is 0.581. The van der Waals surface area contributed by atoms with Crippen LogP contribution in [0.4, 0.5) is 0 Å². The molecule has 2 rings (SSSR count). The van der Waals surface area contributed by atoms with Gasteiger partial charge in [-0.3, -0.25) is 0 Å². The van der Waals surface area contributed by atoms with Crippen LogP contribution < -0.4 is 5.73 Å². The zero-order chi connectivity index (χ0) is 11.8. The van der Waals surface area contributed by atoms with E-state index in [2.05, 4.69) is 45.0 Å². The van der Waals surface area contributed by atoms with Crippen LogP contribution in [0.15, 0.2) is 29.2 Å². The highest BCUT2D eigenvalue weighted by Gasteiger charge is 2.39. The summed E-state index contributed by atoms with van der Waals surface area (Å²) >= 11 is 1.95. The molecule has 2 atom stereocenters. The first-order valence-electron chi connectivity index (χ1n) is 5.98. The van der Waals surface area contributed by atoms with Gasteiger partial charge in [-0.15, -0.1) is 11.8 Å². The quantitative estimate of drug-likeness (QED) is 0.847. The molecule has 0 saturated heterocycles. The van der Waals surface area contributed by atoms with Crippen LogP contribution in [0.2, 0.25) is 0 Å². The molecule has 1 aliphatic carbocycles. The first-order valence-corrected chi connectivity index (χ1v) is 6.86. The van der Waals surface area contributed by atoms with Crippen LogP contribution in [0.1, 0.15) is 32.3 Å². The summed E-state index contributed by atoms with van der Waals surface area (Å²) in [5.74, 6) is 0. The molecule has 1 nitrogen and oxygen atoms in total. The zero-order valence-electron chi connectivity index (χ0n) is 10.4. The molecule has 0 aliphatic heterocycles. The normalized spacial score (nSPS) is 28.2. The Bertz CT molecular complexity index is 356. The molecule has 16 heavy (non-hydrogen) atoms. The molecule has 2 heteroatoms. The van der Waals surface area contributed by atoms with Crippen molar-refractivity contribution in [1.29, 1.82) is 0 Å². The Labute approximate surface area is 103 Å². The second kappa shape index (κ2) is 4.42. The third kappa shape index (κ3) is 2.44. The van der Waals surface area contributed by atoms with Gasteiger partial charge in [-0.05, 0) is 37.3 Å². The number of thioether (sulfide) groups is 1. The fourth-order valence-corrected chi connectivity index (χ4v) is 3.68. The summed E-state index contributed by atoms with van der Waals surface area (Å²) in [5.41, 5.74) is 7.94. The van der Waals surface area contributed by atoms with Gasteiger partial charge in [-0.1, -0.05) is 31.5 Å². The summed E-state index contributed by atoms with van der Waals surface area (Å²) in [4.78, 5) is 1.35. The van der Waals surface area contributed by atoms with Gasteiger partial charge in [-0.2, -0.15) is 0 Å². The van der Waals surface area contributed by atoms with E-state index in [9.17, 15) is 0 Å². The lowest BCUT2D eigenvalue weighted by molar-refractivity contribution is 0.334. The SMILES string of the molecule is Cc1ccc(SC2CCC(C)(C)C2N)cc1. The molecule has 1 aliphatic rings. The van der Waals surface area contributed by atoms with Crippen LogP contribution in [0, 0.1) is 12.3 Å². The molecule has 88 valence electrons. The van der Waals surface area contributed by atoms with Crippen molar-refractivity contribution < 1.29 is 0 Å². The molecule has 1 fully saturated rings. The van der Waals surface area contributed by atoms with E-state index < -0.39 is 0 Å². The van der Waals surface area contributed by atoms with Crippen LogP contribution >= 0.6 is 11.8 Å². The number of aryl methyl sites for hydroxylation is 1. The second-order valence-corrected chi connectivity index (χ2v) is 6.84. The minimum atomic E-state index is 0.308. The van der Waals surface area contributed by atoms with E-state index in [0.717, 1.165) is 0 Å². The van der Waals surface area contributed by atoms with Gasteiger partial charge in [0.15, 0.2) is 0 Å². The molecule has 0 heterocycles. The van der Waals surface area contributed by atoms with E-state index in [1.807, 2.05) is 11.8 Å². The molecule has 1 aromatic carbocycles. The van der Waals surface area contributed by atoms with Gasteiger partial charge in [-0.25, -0.2) is 0 Å². The lowest BCUT2D eigenvalue weighted by Crippen LogP contribution is -2.38. The smallest absolute Gasteiger partial charge is 0.0251 e. The molecule has 2 unspecified atom stereocenters. The van der Waals surface area contributed by atoms with Gasteiger partial charge in [0, 0.05) is 16.2 Å². The zero-order valence-corrected chi connectivity index (χ0v) is 11.2. The molecule has 0 bridgehead atoms. The van der Waals surface area contributed by atoms with Crippen LogP contribution in [-0.4, -0.2) is 11.3 Å². The van der Waals surface area contributed by atoms with E-state index in [1.54, 1.807) is 0 Å². The van der Waals surface area contributed by atoms with Crippen LogP contribution in [0.5, 0.6) is 0 Å². The third-order valence-corrected chi connectivity index (χ3v) is 5.06. The number of rotatable bonds is 2. The molecule has 0 amide bonds. The highest BCUT2D eigenvalue weighted by Crippen LogP contribution is 2.43. The lowest BCUT2D eigenvalue weighted by Gasteiger charge is -2.26. The van der Waals surface area contributed by atoms with Crippen molar-refractivity contribution in [1.82, 2.24) is 0 Å². The largest absolute Gasteiger partial charge is 0.326 e. The van der Waals surface area contributed by atoms with E-state index in [0.29, 0.717) is 16.7 Å². The fourth-order valence-electron chi connectivity index (χ4n) is 2.29. The van der Waals surface area contributed by atoms with Gasteiger partial charge in [0.2, 0.25) is 0 Å².